The predicted octanol–water partition coefficient (Wildman–Crippen LogP) is 0.968. The summed E-state index contributed by atoms with van der Waals surface area (Å²) in [5.41, 5.74) is -0.207. The van der Waals surface area contributed by atoms with E-state index in [1.165, 1.54) is 26.4 Å². The van der Waals surface area contributed by atoms with Crippen molar-refractivity contribution in [1.29, 1.82) is 0 Å². The molecule has 1 aliphatic carbocycles. The average Bonchev–Trinajstić information content (AvgIpc) is 2.38. The summed E-state index contributed by atoms with van der Waals surface area (Å²) < 4.78 is 15.2. The van der Waals surface area contributed by atoms with E-state index in [0.717, 1.165) is 0 Å². The third kappa shape index (κ3) is 3.17. The summed E-state index contributed by atoms with van der Waals surface area (Å²) >= 11 is 0. The highest BCUT2D eigenvalue weighted by molar-refractivity contribution is 6.08. The van der Waals surface area contributed by atoms with E-state index in [1.807, 2.05) is 0 Å². The molecule has 0 unspecified atom stereocenters. The first-order valence-electron chi connectivity index (χ1n) is 5.09. The van der Waals surface area contributed by atoms with Gasteiger partial charge in [0.1, 0.15) is 6.61 Å². The van der Waals surface area contributed by atoms with Crippen LogP contribution in [0.3, 0.4) is 0 Å². The maximum absolute atomic E-state index is 10.8. The SMILES string of the molecule is COCCOC1=CC(=[N+]([O-])[O-])C(=CO)C=C1OC. The van der Waals surface area contributed by atoms with Crippen LogP contribution in [-0.4, -0.2) is 43.2 Å². The molecule has 0 bridgehead atoms. The smallest absolute Gasteiger partial charge is 0.237 e. The zero-order valence-electron chi connectivity index (χ0n) is 10.1. The van der Waals surface area contributed by atoms with Gasteiger partial charge in [0.15, 0.2) is 11.5 Å². The second-order valence-corrected chi connectivity index (χ2v) is 3.29. The number of aliphatic hydroxyl groups is 1. The lowest BCUT2D eigenvalue weighted by molar-refractivity contribution is -0.377. The summed E-state index contributed by atoms with van der Waals surface area (Å²) in [7, 11) is 2.93. The van der Waals surface area contributed by atoms with Gasteiger partial charge >= 0.3 is 0 Å². The Morgan fingerprint density at radius 1 is 1.22 bits per heavy atom. The third-order valence-electron chi connectivity index (χ3n) is 2.19. The molecule has 0 radical (unpaired) electrons. The minimum Gasteiger partial charge on any atom is -0.612 e. The molecule has 1 aliphatic rings. The Labute approximate surface area is 104 Å². The van der Waals surface area contributed by atoms with Crippen LogP contribution in [0.2, 0.25) is 0 Å². The van der Waals surface area contributed by atoms with Gasteiger partial charge in [0.25, 0.3) is 0 Å². The molecule has 18 heavy (non-hydrogen) atoms. The fourth-order valence-electron chi connectivity index (χ4n) is 1.33. The van der Waals surface area contributed by atoms with Gasteiger partial charge in [-0.05, 0) is 0 Å². The zero-order valence-corrected chi connectivity index (χ0v) is 10.1. The highest BCUT2D eigenvalue weighted by atomic mass is 16.8. The number of allylic oxidation sites excluding steroid dienone is 3. The lowest BCUT2D eigenvalue weighted by atomic mass is 10.0. The minimum absolute atomic E-state index is 0.0518. The van der Waals surface area contributed by atoms with Crippen molar-refractivity contribution in [2.24, 2.45) is 0 Å². The maximum Gasteiger partial charge on any atom is 0.237 e. The van der Waals surface area contributed by atoms with E-state index in [2.05, 4.69) is 0 Å². The lowest BCUT2D eigenvalue weighted by Gasteiger charge is -2.18. The molecule has 0 amide bonds. The second kappa shape index (κ2) is 6.55. The van der Waals surface area contributed by atoms with Crippen molar-refractivity contribution in [2.45, 2.75) is 0 Å². The van der Waals surface area contributed by atoms with Gasteiger partial charge < -0.3 is 29.7 Å². The first kappa shape index (κ1) is 13.9. The molecule has 0 saturated heterocycles. The number of aliphatic hydroxyl groups excluding tert-OH is 1. The van der Waals surface area contributed by atoms with Crippen molar-refractivity contribution >= 4 is 5.71 Å². The van der Waals surface area contributed by atoms with Crippen LogP contribution < -0.4 is 0 Å². The van der Waals surface area contributed by atoms with Crippen LogP contribution in [0, 0.1) is 10.4 Å². The molecule has 7 heteroatoms. The zero-order chi connectivity index (χ0) is 13.5. The Bertz CT molecular complexity index is 417. The normalized spacial score (nSPS) is 17.2. The summed E-state index contributed by atoms with van der Waals surface area (Å²) in [6.07, 6.45) is 3.19. The molecule has 0 spiro atoms. The Hall–Kier alpha value is -2.15. The topological polar surface area (TPSA) is 97.1 Å². The Kier molecular flexibility index (Phi) is 5.06. The van der Waals surface area contributed by atoms with E-state index in [-0.39, 0.29) is 23.7 Å². The van der Waals surface area contributed by atoms with Gasteiger partial charge in [-0.2, -0.15) is 4.90 Å². The molecular formula is C11H14NO6-. The molecule has 0 heterocycles. The Balaban J connectivity index is 2.99. The number of rotatable bonds is 5. The first-order valence-corrected chi connectivity index (χ1v) is 5.09. The molecule has 1 rings (SSSR count). The molecule has 0 aromatic carbocycles. The van der Waals surface area contributed by atoms with Crippen molar-refractivity contribution in [2.75, 3.05) is 27.4 Å². The third-order valence-corrected chi connectivity index (χ3v) is 2.19. The highest BCUT2D eigenvalue weighted by Gasteiger charge is 2.22. The van der Waals surface area contributed by atoms with Crippen LogP contribution in [0.5, 0.6) is 0 Å². The maximum atomic E-state index is 10.8. The molecule has 0 aromatic heterocycles. The van der Waals surface area contributed by atoms with Crippen molar-refractivity contribution in [1.82, 2.24) is 0 Å². The number of hydrogen-bond donors (Lipinski definition) is 1. The van der Waals surface area contributed by atoms with E-state index in [4.69, 9.17) is 19.3 Å². The fourth-order valence-corrected chi connectivity index (χ4v) is 1.33. The van der Waals surface area contributed by atoms with Gasteiger partial charge in [-0.15, -0.1) is 0 Å². The van der Waals surface area contributed by atoms with Crippen LogP contribution >= 0.6 is 0 Å². The summed E-state index contributed by atoms with van der Waals surface area (Å²) in [6, 6.07) is 0. The van der Waals surface area contributed by atoms with Gasteiger partial charge in [-0.25, -0.2) is 0 Å². The highest BCUT2D eigenvalue weighted by Crippen LogP contribution is 2.22. The lowest BCUT2D eigenvalue weighted by Crippen LogP contribution is -2.17. The fraction of sp³-hybridized carbons (Fsp3) is 0.364. The standard InChI is InChI=1S/C11H14NO6/c1-16-3-4-18-11-6-9(12(14)15)8(7-13)5-10(11)17-2/h5-7H,3-4H2,1-2H3,(H-,13,14,15)/q-1. The summed E-state index contributed by atoms with van der Waals surface area (Å²) in [5.74, 6) is 0.531. The molecule has 7 nitrogen and oxygen atoms in total. The van der Waals surface area contributed by atoms with E-state index in [9.17, 15) is 10.4 Å². The molecule has 0 aromatic rings. The van der Waals surface area contributed by atoms with Crippen LogP contribution in [0.15, 0.2) is 35.5 Å². The average molecular weight is 256 g/mol. The van der Waals surface area contributed by atoms with E-state index >= 15 is 0 Å². The molecule has 0 fully saturated rings. The predicted molar refractivity (Wildman–Crippen MR) is 63.7 cm³/mol. The largest absolute Gasteiger partial charge is 0.612 e. The number of ether oxygens (including phenoxy) is 3. The van der Waals surface area contributed by atoms with Gasteiger partial charge in [-0.3, -0.25) is 0 Å². The Morgan fingerprint density at radius 3 is 2.44 bits per heavy atom. The van der Waals surface area contributed by atoms with Gasteiger partial charge in [-0.1, -0.05) is 0 Å². The van der Waals surface area contributed by atoms with Crippen molar-refractivity contribution < 1.29 is 24.2 Å². The van der Waals surface area contributed by atoms with Crippen LogP contribution in [0.4, 0.5) is 0 Å². The molecule has 0 atom stereocenters. The van der Waals surface area contributed by atoms with Gasteiger partial charge in [0, 0.05) is 13.2 Å². The second-order valence-electron chi connectivity index (χ2n) is 3.29. The molecular weight excluding hydrogens is 242 g/mol. The van der Waals surface area contributed by atoms with Crippen LogP contribution in [-0.2, 0) is 14.2 Å². The van der Waals surface area contributed by atoms with Crippen LogP contribution in [0.1, 0.15) is 0 Å². The summed E-state index contributed by atoms with van der Waals surface area (Å²) in [5, 5.41) is 30.6. The Morgan fingerprint density at radius 2 is 1.94 bits per heavy atom. The van der Waals surface area contributed by atoms with E-state index in [1.54, 1.807) is 0 Å². The quantitative estimate of drug-likeness (QED) is 0.340. The van der Waals surface area contributed by atoms with Crippen molar-refractivity contribution in [3.63, 3.8) is 0 Å². The number of nitrogens with zero attached hydrogens (tertiary/aromatic N) is 1. The van der Waals surface area contributed by atoms with Crippen molar-refractivity contribution in [3.8, 4) is 0 Å². The van der Waals surface area contributed by atoms with E-state index < -0.39 is 4.90 Å². The van der Waals surface area contributed by atoms with E-state index in [0.29, 0.717) is 18.6 Å². The molecule has 1 N–H and O–H groups in total. The number of methoxy groups -OCH3 is 2. The van der Waals surface area contributed by atoms with Gasteiger partial charge in [0.2, 0.25) is 5.71 Å². The first-order chi connectivity index (χ1) is 8.63. The minimum atomic E-state index is -0.606. The molecule has 0 saturated carbocycles. The monoisotopic (exact) mass is 256 g/mol. The summed E-state index contributed by atoms with van der Waals surface area (Å²) in [6.45, 7) is 0.594. The van der Waals surface area contributed by atoms with Crippen LogP contribution in [0.25, 0.3) is 0 Å². The van der Waals surface area contributed by atoms with Gasteiger partial charge in [0.05, 0.1) is 31.6 Å². The molecule has 0 aliphatic heterocycles. The summed E-state index contributed by atoms with van der Waals surface area (Å²) in [4.78, 5) is -0.606. The molecule has 100 valence electrons. The van der Waals surface area contributed by atoms with Crippen molar-refractivity contribution in [3.05, 3.63) is 45.9 Å². The number of hydrogen-bond acceptors (Lipinski definition) is 6.